The van der Waals surface area contributed by atoms with Gasteiger partial charge in [0.2, 0.25) is 0 Å². The first kappa shape index (κ1) is 10.2. The predicted octanol–water partition coefficient (Wildman–Crippen LogP) is 1.79. The van der Waals surface area contributed by atoms with E-state index in [1.54, 1.807) is 7.11 Å². The van der Waals surface area contributed by atoms with E-state index in [1.807, 2.05) is 30.3 Å². The molecule has 3 nitrogen and oxygen atoms in total. The van der Waals surface area contributed by atoms with E-state index in [0.29, 0.717) is 0 Å². The number of aliphatic imine (C=N–C) groups is 1. The van der Waals surface area contributed by atoms with Crippen LogP contribution < -0.4 is 5.32 Å². The van der Waals surface area contributed by atoms with Gasteiger partial charge in [-0.3, -0.25) is 0 Å². The zero-order valence-electron chi connectivity index (χ0n) is 9.32. The second-order valence-electron chi connectivity index (χ2n) is 4.28. The maximum atomic E-state index is 5.33. The van der Waals surface area contributed by atoms with Gasteiger partial charge in [0.15, 0.2) is 6.23 Å². The fourth-order valence-electron chi connectivity index (χ4n) is 1.77. The molecule has 1 aliphatic rings. The molecule has 0 radical (unpaired) electrons. The Balaban J connectivity index is 2.27. The number of methoxy groups -OCH3 is 1. The van der Waals surface area contributed by atoms with Gasteiger partial charge >= 0.3 is 0 Å². The minimum atomic E-state index is -0.139. The number of hydrogen-bond acceptors (Lipinski definition) is 3. The summed E-state index contributed by atoms with van der Waals surface area (Å²) in [7, 11) is 1.69. The van der Waals surface area contributed by atoms with Gasteiger partial charge in [0.05, 0.1) is 5.54 Å². The van der Waals surface area contributed by atoms with Crippen LogP contribution in [0.4, 0.5) is 0 Å². The maximum Gasteiger partial charge on any atom is 0.172 e. The molecule has 0 fully saturated rings. The minimum absolute atomic E-state index is 0.118. The Morgan fingerprint density at radius 2 is 1.93 bits per heavy atom. The monoisotopic (exact) mass is 204 g/mol. The molecule has 1 N–H and O–H groups in total. The van der Waals surface area contributed by atoms with E-state index in [2.05, 4.69) is 24.2 Å². The normalized spacial score (nSPS) is 23.4. The van der Waals surface area contributed by atoms with Gasteiger partial charge in [-0.25, -0.2) is 4.99 Å². The van der Waals surface area contributed by atoms with Gasteiger partial charge in [-0.15, -0.1) is 0 Å². The standard InChI is InChI=1S/C12H16N2O/c1-12(2)11(15-3)13-10(14-12)9-7-5-4-6-8-9/h4-8,11H,1-3H3,(H,13,14). The van der Waals surface area contributed by atoms with E-state index in [1.165, 1.54) is 0 Å². The van der Waals surface area contributed by atoms with Crippen LogP contribution in [0.15, 0.2) is 35.3 Å². The van der Waals surface area contributed by atoms with Crippen LogP contribution in [0, 0.1) is 0 Å². The molecular formula is C12H16N2O. The van der Waals surface area contributed by atoms with Crippen molar-refractivity contribution in [2.24, 2.45) is 4.99 Å². The average molecular weight is 204 g/mol. The molecule has 0 saturated heterocycles. The lowest BCUT2D eigenvalue weighted by molar-refractivity contribution is 0.0594. The molecule has 0 amide bonds. The summed E-state index contributed by atoms with van der Waals surface area (Å²) in [5, 5.41) is 3.37. The fraction of sp³-hybridized carbons (Fsp3) is 0.417. The Morgan fingerprint density at radius 3 is 2.47 bits per heavy atom. The summed E-state index contributed by atoms with van der Waals surface area (Å²) in [5.41, 5.74) is 0.963. The van der Waals surface area contributed by atoms with E-state index in [-0.39, 0.29) is 11.8 Å². The molecule has 0 aromatic heterocycles. The summed E-state index contributed by atoms with van der Waals surface area (Å²) in [4.78, 5) is 4.51. The largest absolute Gasteiger partial charge is 0.360 e. The van der Waals surface area contributed by atoms with Crippen molar-refractivity contribution in [3.8, 4) is 0 Å². The van der Waals surface area contributed by atoms with Gasteiger partial charge in [-0.2, -0.15) is 0 Å². The third-order valence-corrected chi connectivity index (χ3v) is 2.57. The third-order valence-electron chi connectivity index (χ3n) is 2.57. The first-order chi connectivity index (χ1) is 7.13. The van der Waals surface area contributed by atoms with Crippen LogP contribution in [0.3, 0.4) is 0 Å². The molecule has 0 spiro atoms. The van der Waals surface area contributed by atoms with Crippen LogP contribution >= 0.6 is 0 Å². The SMILES string of the molecule is COC1N=C(c2ccccc2)NC1(C)C. The highest BCUT2D eigenvalue weighted by Gasteiger charge is 2.36. The molecular weight excluding hydrogens is 188 g/mol. The highest BCUT2D eigenvalue weighted by Crippen LogP contribution is 2.21. The van der Waals surface area contributed by atoms with Crippen LogP contribution in [-0.4, -0.2) is 24.7 Å². The lowest BCUT2D eigenvalue weighted by atomic mass is 10.1. The van der Waals surface area contributed by atoms with Gasteiger partial charge in [-0.1, -0.05) is 30.3 Å². The van der Waals surface area contributed by atoms with Crippen LogP contribution in [-0.2, 0) is 4.74 Å². The second-order valence-corrected chi connectivity index (χ2v) is 4.28. The highest BCUT2D eigenvalue weighted by molar-refractivity contribution is 6.00. The zero-order chi connectivity index (χ0) is 10.9. The fourth-order valence-corrected chi connectivity index (χ4v) is 1.77. The zero-order valence-corrected chi connectivity index (χ0v) is 9.32. The Labute approximate surface area is 90.2 Å². The first-order valence-electron chi connectivity index (χ1n) is 5.08. The minimum Gasteiger partial charge on any atom is -0.360 e. The van der Waals surface area contributed by atoms with Crippen molar-refractivity contribution in [2.45, 2.75) is 25.6 Å². The van der Waals surface area contributed by atoms with Crippen molar-refractivity contribution in [2.75, 3.05) is 7.11 Å². The number of nitrogens with one attached hydrogen (secondary N) is 1. The van der Waals surface area contributed by atoms with Gasteiger partial charge in [0, 0.05) is 12.7 Å². The van der Waals surface area contributed by atoms with Crippen molar-refractivity contribution in [3.05, 3.63) is 35.9 Å². The summed E-state index contributed by atoms with van der Waals surface area (Å²) in [6, 6.07) is 10.1. The topological polar surface area (TPSA) is 33.6 Å². The molecule has 3 heteroatoms. The lowest BCUT2D eigenvalue weighted by Gasteiger charge is -2.24. The van der Waals surface area contributed by atoms with E-state index >= 15 is 0 Å². The lowest BCUT2D eigenvalue weighted by Crippen LogP contribution is -2.45. The quantitative estimate of drug-likeness (QED) is 0.796. The van der Waals surface area contributed by atoms with Gasteiger partial charge < -0.3 is 10.1 Å². The number of rotatable bonds is 2. The van der Waals surface area contributed by atoms with Crippen LogP contribution in [0.5, 0.6) is 0 Å². The molecule has 0 bridgehead atoms. The van der Waals surface area contributed by atoms with Gasteiger partial charge in [-0.05, 0) is 13.8 Å². The molecule has 1 aromatic rings. The summed E-state index contributed by atoms with van der Waals surface area (Å²) in [6.45, 7) is 4.17. The Morgan fingerprint density at radius 1 is 1.27 bits per heavy atom. The molecule has 15 heavy (non-hydrogen) atoms. The molecule has 0 saturated carbocycles. The van der Waals surface area contributed by atoms with E-state index in [4.69, 9.17) is 4.74 Å². The highest BCUT2D eigenvalue weighted by atomic mass is 16.5. The molecule has 1 atom stereocenters. The van der Waals surface area contributed by atoms with Crippen molar-refractivity contribution in [3.63, 3.8) is 0 Å². The summed E-state index contributed by atoms with van der Waals surface area (Å²) < 4.78 is 5.33. The molecule has 0 aliphatic carbocycles. The predicted molar refractivity (Wildman–Crippen MR) is 61.0 cm³/mol. The third kappa shape index (κ3) is 1.88. The van der Waals surface area contributed by atoms with E-state index < -0.39 is 0 Å². The molecule has 1 aromatic carbocycles. The van der Waals surface area contributed by atoms with Crippen LogP contribution in [0.2, 0.25) is 0 Å². The second kappa shape index (κ2) is 3.66. The van der Waals surface area contributed by atoms with Crippen molar-refractivity contribution < 1.29 is 4.74 Å². The molecule has 80 valence electrons. The Hall–Kier alpha value is -1.35. The summed E-state index contributed by atoms with van der Waals surface area (Å²) >= 11 is 0. The van der Waals surface area contributed by atoms with E-state index in [0.717, 1.165) is 11.4 Å². The molecule has 2 rings (SSSR count). The number of amidine groups is 1. The van der Waals surface area contributed by atoms with Crippen LogP contribution in [0.25, 0.3) is 0 Å². The van der Waals surface area contributed by atoms with Crippen molar-refractivity contribution in [1.29, 1.82) is 0 Å². The number of benzene rings is 1. The van der Waals surface area contributed by atoms with E-state index in [9.17, 15) is 0 Å². The Kier molecular flexibility index (Phi) is 2.49. The molecule has 1 unspecified atom stereocenters. The van der Waals surface area contributed by atoms with Crippen molar-refractivity contribution in [1.82, 2.24) is 5.32 Å². The average Bonchev–Trinajstić information content (AvgIpc) is 2.55. The maximum absolute atomic E-state index is 5.33. The molecule has 1 aliphatic heterocycles. The summed E-state index contributed by atoms with van der Waals surface area (Å²) in [5.74, 6) is 0.910. The number of nitrogens with zero attached hydrogens (tertiary/aromatic N) is 1. The molecule has 1 heterocycles. The number of ether oxygens (including phenoxy) is 1. The Bertz CT molecular complexity index is 370. The van der Waals surface area contributed by atoms with Gasteiger partial charge in [0.25, 0.3) is 0 Å². The first-order valence-corrected chi connectivity index (χ1v) is 5.08. The van der Waals surface area contributed by atoms with Gasteiger partial charge in [0.1, 0.15) is 5.84 Å². The summed E-state index contributed by atoms with van der Waals surface area (Å²) in [6.07, 6.45) is -0.118. The van der Waals surface area contributed by atoms with Crippen molar-refractivity contribution >= 4 is 5.84 Å². The smallest absolute Gasteiger partial charge is 0.172 e. The van der Waals surface area contributed by atoms with Crippen LogP contribution in [0.1, 0.15) is 19.4 Å². The number of hydrogen-bond donors (Lipinski definition) is 1.